The maximum Gasteiger partial charge on any atom is 0.138 e. The van der Waals surface area contributed by atoms with Crippen molar-refractivity contribution in [3.63, 3.8) is 0 Å². The van der Waals surface area contributed by atoms with Gasteiger partial charge in [0.1, 0.15) is 23.5 Å². The topological polar surface area (TPSA) is 192 Å². The number of anilines is 2. The van der Waals surface area contributed by atoms with Gasteiger partial charge >= 0.3 is 0 Å². The second-order valence-corrected chi connectivity index (χ2v) is 8.92. The van der Waals surface area contributed by atoms with E-state index in [4.69, 9.17) is 11.1 Å². The van der Waals surface area contributed by atoms with Crippen LogP contribution in [0.3, 0.4) is 0 Å². The third kappa shape index (κ3) is 21.2. The van der Waals surface area contributed by atoms with Crippen molar-refractivity contribution < 1.29 is 82.3 Å². The average molecular weight is 742 g/mol. The molecule has 0 atom stereocenters. The Hall–Kier alpha value is -1.18. The molecular weight excluding hydrogens is 713 g/mol. The molecule has 0 heterocycles. The predicted octanol–water partition coefficient (Wildman–Crippen LogP) is 4.57. The minimum absolute atomic E-state index is 0. The van der Waals surface area contributed by atoms with E-state index in [-0.39, 0.29) is 83.1 Å². The smallest absolute Gasteiger partial charge is 0.138 e. The first-order valence-electron chi connectivity index (χ1n) is 10.9. The van der Waals surface area contributed by atoms with Crippen molar-refractivity contribution in [2.75, 3.05) is 9.44 Å². The predicted molar refractivity (Wildman–Crippen MR) is 160 cm³/mol. The molecular formula is C21H28B4N8O4S2Y2-2. The Balaban J connectivity index is -0.000000285. The van der Waals surface area contributed by atoms with E-state index in [1.807, 2.05) is 39.8 Å². The van der Waals surface area contributed by atoms with E-state index in [9.17, 15) is 16.8 Å². The first kappa shape index (κ1) is 46.8. The van der Waals surface area contributed by atoms with Gasteiger partial charge in [0.05, 0.1) is 0 Å². The summed E-state index contributed by atoms with van der Waals surface area (Å²) in [7, 11) is 11.2. The molecule has 10 radical (unpaired) electrons. The van der Waals surface area contributed by atoms with Crippen molar-refractivity contribution in [3.8, 4) is 0 Å². The van der Waals surface area contributed by atoms with Crippen LogP contribution in [0.1, 0.15) is 50.7 Å². The normalized spacial score (nSPS) is 9.85. The van der Waals surface area contributed by atoms with Gasteiger partial charge in [-0.2, -0.15) is 0 Å². The molecule has 2 rings (SSSR count). The number of rotatable bonds is 10. The van der Waals surface area contributed by atoms with Gasteiger partial charge in [-0.15, -0.1) is 20.5 Å². The summed E-state index contributed by atoms with van der Waals surface area (Å²) in [6, 6.07) is 10.5. The van der Waals surface area contributed by atoms with Crippen LogP contribution < -0.4 is 15.2 Å². The van der Waals surface area contributed by atoms with Crippen molar-refractivity contribution in [2.24, 2.45) is 26.2 Å². The van der Waals surface area contributed by atoms with E-state index in [0.29, 0.717) is 22.7 Å². The number of hydrogen-bond acceptors (Lipinski definition) is 11. The fraction of sp³-hybridized carbons (Fsp3) is 0.286. The SMILES string of the molecule is C=C(N)N=Nc1ccc(C(C)C)cc1N[S-](=O)=O.CC(C)c1ccc(N=NC=N)c(N[S-](=O)=O)c1.[B][B].[B][B].[Y].[Y]. The number of azo groups is 2. The van der Waals surface area contributed by atoms with E-state index in [1.165, 1.54) is 0 Å². The monoisotopic (exact) mass is 742 g/mol. The maximum atomic E-state index is 10.7. The molecule has 0 bridgehead atoms. The second-order valence-electron chi connectivity index (χ2n) is 7.57. The number of hydrogen-bond donors (Lipinski definition) is 4. The number of nitrogens with zero attached hydrogens (tertiary/aromatic N) is 4. The second kappa shape index (κ2) is 27.6. The van der Waals surface area contributed by atoms with Gasteiger partial charge in [0.2, 0.25) is 0 Å². The third-order valence-corrected chi connectivity index (χ3v) is 5.04. The molecule has 5 N–H and O–H groups in total. The van der Waals surface area contributed by atoms with Crippen molar-refractivity contribution in [1.29, 1.82) is 5.41 Å². The quantitative estimate of drug-likeness (QED) is 0.0911. The van der Waals surface area contributed by atoms with Crippen molar-refractivity contribution >= 4 is 81.8 Å². The summed E-state index contributed by atoms with van der Waals surface area (Å²) >= 11 is 0. The minimum Gasteiger partial charge on any atom is -0.418 e. The Morgan fingerprint density at radius 2 is 1.20 bits per heavy atom. The summed E-state index contributed by atoms with van der Waals surface area (Å²) < 4.78 is 47.3. The van der Waals surface area contributed by atoms with Gasteiger partial charge in [0, 0.05) is 130 Å². The van der Waals surface area contributed by atoms with Gasteiger partial charge in [-0.25, -0.2) is 0 Å². The summed E-state index contributed by atoms with van der Waals surface area (Å²) in [5.41, 5.74) is 8.74. The Kier molecular flexibility index (Phi) is 31.5. The minimum atomic E-state index is -2.42. The van der Waals surface area contributed by atoms with Gasteiger partial charge < -0.3 is 32.0 Å². The van der Waals surface area contributed by atoms with Crippen LogP contribution >= 0.6 is 0 Å². The summed E-state index contributed by atoms with van der Waals surface area (Å²) in [6.45, 7) is 11.4. The van der Waals surface area contributed by atoms with Crippen molar-refractivity contribution in [3.05, 3.63) is 59.9 Å². The van der Waals surface area contributed by atoms with E-state index >= 15 is 0 Å². The summed E-state index contributed by atoms with van der Waals surface area (Å²) in [6.07, 6.45) is 0.786. The Bertz CT molecular complexity index is 1270. The molecule has 0 saturated carbocycles. The molecule has 0 fully saturated rings. The number of nitrogens with two attached hydrogens (primary N) is 1. The zero-order valence-electron chi connectivity index (χ0n) is 23.2. The molecule has 41 heavy (non-hydrogen) atoms. The molecule has 0 aromatic heterocycles. The van der Waals surface area contributed by atoms with Crippen LogP contribution in [0.5, 0.6) is 0 Å². The van der Waals surface area contributed by atoms with Gasteiger partial charge in [-0.3, -0.25) is 5.41 Å². The molecule has 0 aliphatic carbocycles. The standard InChI is InChI=1S/C11H15N4O2S.C10H13N4O2S.2B2.2Y/c1-7(2)9-4-5-10(14-13-8(3)12)11(6-9)15-18(16)17;1-7(2)8-3-4-9(13-12-6-11)10(5-8)14-17(15)16;2*1-2;;/h4-7H,3,12H2,1-2H3,(H,15,16,17);3-7,11H,1-2H3,(H,14,15,16);;;;/q2*-1;;;;. The maximum absolute atomic E-state index is 10.7. The zero-order valence-corrected chi connectivity index (χ0v) is 30.5. The molecule has 208 valence electrons. The zero-order chi connectivity index (χ0) is 30.5. The molecule has 0 amide bonds. The summed E-state index contributed by atoms with van der Waals surface area (Å²) in [4.78, 5) is 0. The molecule has 2 aromatic carbocycles. The number of nitrogens with one attached hydrogen (secondary N) is 3. The van der Waals surface area contributed by atoms with Crippen LogP contribution in [0.25, 0.3) is 0 Å². The van der Waals surface area contributed by atoms with E-state index in [1.54, 1.807) is 24.3 Å². The van der Waals surface area contributed by atoms with Crippen LogP contribution in [-0.4, -0.2) is 37.3 Å². The molecule has 20 heteroatoms. The summed E-state index contributed by atoms with van der Waals surface area (Å²) in [5, 5.41) is 21.3. The molecule has 0 saturated heterocycles. The van der Waals surface area contributed by atoms with Crippen LogP contribution in [0.4, 0.5) is 22.7 Å². The van der Waals surface area contributed by atoms with Crippen LogP contribution in [0, 0.1) is 5.41 Å². The molecule has 0 spiro atoms. The van der Waals surface area contributed by atoms with Gasteiger partial charge in [-0.1, -0.05) is 46.4 Å². The van der Waals surface area contributed by atoms with E-state index in [2.05, 4.69) is 67.4 Å². The number of benzene rings is 2. The fourth-order valence-electron chi connectivity index (χ4n) is 2.55. The van der Waals surface area contributed by atoms with Gasteiger partial charge in [0.25, 0.3) is 0 Å². The Morgan fingerprint density at radius 1 is 0.829 bits per heavy atom. The largest absolute Gasteiger partial charge is 0.418 e. The first-order valence-corrected chi connectivity index (χ1v) is 13.0. The molecule has 0 aliphatic heterocycles. The molecule has 0 aliphatic rings. The molecule has 0 unspecified atom stereocenters. The molecule has 12 nitrogen and oxygen atoms in total. The first-order chi connectivity index (χ1) is 18.4. The van der Waals surface area contributed by atoms with Gasteiger partial charge in [0.15, 0.2) is 0 Å². The molecule has 2 aromatic rings. The van der Waals surface area contributed by atoms with E-state index in [0.717, 1.165) is 17.5 Å². The Labute approximate surface area is 301 Å². The third-order valence-electron chi connectivity index (χ3n) is 4.27. The van der Waals surface area contributed by atoms with E-state index < -0.39 is 21.8 Å². The summed E-state index contributed by atoms with van der Waals surface area (Å²) in [5.74, 6) is 0.614. The Morgan fingerprint density at radius 3 is 1.49 bits per heavy atom. The van der Waals surface area contributed by atoms with Crippen molar-refractivity contribution in [2.45, 2.75) is 39.5 Å². The van der Waals surface area contributed by atoms with Crippen molar-refractivity contribution in [1.82, 2.24) is 0 Å². The van der Waals surface area contributed by atoms with Crippen LogP contribution in [-0.2, 0) is 104 Å². The average Bonchev–Trinajstić information content (AvgIpc) is 2.89. The van der Waals surface area contributed by atoms with Crippen LogP contribution in [0.2, 0.25) is 0 Å². The fourth-order valence-corrected chi connectivity index (χ4v) is 3.24. The van der Waals surface area contributed by atoms with Crippen LogP contribution in [0.15, 0.2) is 69.3 Å². The van der Waals surface area contributed by atoms with Gasteiger partial charge in [-0.05, 0) is 47.2 Å².